The van der Waals surface area contributed by atoms with Crippen LogP contribution in [0, 0.1) is 10.1 Å². The molecule has 1 aromatic heterocycles. The molecule has 0 saturated carbocycles. The Bertz CT molecular complexity index is 428. The van der Waals surface area contributed by atoms with Crippen LogP contribution in [0.5, 0.6) is 0 Å². The molecule has 9 nitrogen and oxygen atoms in total. The van der Waals surface area contributed by atoms with Gasteiger partial charge < -0.3 is 20.1 Å². The maximum atomic E-state index is 11.0. The van der Waals surface area contributed by atoms with Gasteiger partial charge in [-0.1, -0.05) is 0 Å². The van der Waals surface area contributed by atoms with Crippen molar-refractivity contribution < 1.29 is 14.4 Å². The van der Waals surface area contributed by atoms with Crippen LogP contribution in [-0.2, 0) is 9.47 Å². The van der Waals surface area contributed by atoms with Crippen LogP contribution >= 0.6 is 0 Å². The van der Waals surface area contributed by atoms with E-state index >= 15 is 0 Å². The zero-order chi connectivity index (χ0) is 14.3. The number of aromatic nitrogens is 2. The van der Waals surface area contributed by atoms with Gasteiger partial charge in [0.05, 0.1) is 17.6 Å². The van der Waals surface area contributed by atoms with Gasteiger partial charge >= 0.3 is 5.69 Å². The molecule has 2 N–H and O–H groups in total. The minimum Gasteiger partial charge on any atom is -0.382 e. The predicted molar refractivity (Wildman–Crippen MR) is 69.4 cm³/mol. The third-order valence-electron chi connectivity index (χ3n) is 2.42. The van der Waals surface area contributed by atoms with Crippen molar-refractivity contribution in [2.24, 2.45) is 0 Å². The van der Waals surface area contributed by atoms with Crippen molar-refractivity contribution in [1.29, 1.82) is 0 Å². The average Bonchev–Trinajstić information content (AvgIpc) is 2.42. The van der Waals surface area contributed by atoms with E-state index in [0.717, 1.165) is 0 Å². The lowest BCUT2D eigenvalue weighted by Gasteiger charge is -2.15. The number of nitrogens with zero attached hydrogens (tertiary/aromatic N) is 3. The molecular weight excluding hydrogens is 254 g/mol. The maximum Gasteiger partial charge on any atom is 0.353 e. The molecule has 9 heteroatoms. The standard InChI is InChI=1S/C10H17N5O4/c1-11-9-8(15(16)17)10(14-6-13-9)12-4-7(19-3)5-18-2/h6-7H,4-5H2,1-3H3,(H2,11,12,13,14). The van der Waals surface area contributed by atoms with E-state index in [-0.39, 0.29) is 23.4 Å². The number of nitro groups is 1. The monoisotopic (exact) mass is 271 g/mol. The maximum absolute atomic E-state index is 11.0. The van der Waals surface area contributed by atoms with Crippen LogP contribution in [-0.4, -0.2) is 55.4 Å². The molecule has 0 aliphatic rings. The Morgan fingerprint density at radius 3 is 2.63 bits per heavy atom. The Labute approximate surface area is 110 Å². The molecule has 106 valence electrons. The number of nitrogens with one attached hydrogen (secondary N) is 2. The molecule has 0 aromatic carbocycles. The Morgan fingerprint density at radius 2 is 2.11 bits per heavy atom. The van der Waals surface area contributed by atoms with Gasteiger partial charge in [-0.3, -0.25) is 10.1 Å². The lowest BCUT2D eigenvalue weighted by atomic mass is 10.3. The molecular formula is C10H17N5O4. The Kier molecular flexibility index (Phi) is 5.90. The van der Waals surface area contributed by atoms with Crippen LogP contribution in [0.15, 0.2) is 6.33 Å². The topological polar surface area (TPSA) is 111 Å². The minimum absolute atomic E-state index is 0.141. The van der Waals surface area contributed by atoms with E-state index in [2.05, 4.69) is 20.6 Å². The second kappa shape index (κ2) is 7.44. The summed E-state index contributed by atoms with van der Waals surface area (Å²) in [6.07, 6.45) is 1.02. The van der Waals surface area contributed by atoms with Crippen LogP contribution in [0.3, 0.4) is 0 Å². The van der Waals surface area contributed by atoms with Gasteiger partial charge in [-0.2, -0.15) is 0 Å². The smallest absolute Gasteiger partial charge is 0.353 e. The van der Waals surface area contributed by atoms with Crippen LogP contribution in [0.2, 0.25) is 0 Å². The van der Waals surface area contributed by atoms with Gasteiger partial charge in [0.15, 0.2) is 0 Å². The fourth-order valence-electron chi connectivity index (χ4n) is 1.47. The SMILES string of the molecule is CNc1ncnc(NCC(COC)OC)c1[N+](=O)[O-]. The zero-order valence-corrected chi connectivity index (χ0v) is 11.0. The first-order valence-electron chi connectivity index (χ1n) is 5.56. The van der Waals surface area contributed by atoms with Gasteiger partial charge in [0.2, 0.25) is 11.6 Å². The highest BCUT2D eigenvalue weighted by atomic mass is 16.6. The molecule has 19 heavy (non-hydrogen) atoms. The largest absolute Gasteiger partial charge is 0.382 e. The molecule has 0 aliphatic heterocycles. The Morgan fingerprint density at radius 1 is 1.42 bits per heavy atom. The van der Waals surface area contributed by atoms with E-state index in [1.807, 2.05) is 0 Å². The zero-order valence-electron chi connectivity index (χ0n) is 11.0. The molecule has 0 radical (unpaired) electrons. The molecule has 1 heterocycles. The first-order valence-corrected chi connectivity index (χ1v) is 5.56. The summed E-state index contributed by atoms with van der Waals surface area (Å²) in [5.41, 5.74) is -0.197. The van der Waals surface area contributed by atoms with E-state index in [0.29, 0.717) is 13.2 Å². The lowest BCUT2D eigenvalue weighted by molar-refractivity contribution is -0.383. The van der Waals surface area contributed by atoms with Crippen molar-refractivity contribution in [2.45, 2.75) is 6.10 Å². The fraction of sp³-hybridized carbons (Fsp3) is 0.600. The summed E-state index contributed by atoms with van der Waals surface area (Å²) in [6.45, 7) is 0.715. The predicted octanol–water partition coefficient (Wildman–Crippen LogP) is 0.500. The summed E-state index contributed by atoms with van der Waals surface area (Å²) >= 11 is 0. The van der Waals surface area contributed by atoms with Crippen molar-refractivity contribution >= 4 is 17.3 Å². The van der Waals surface area contributed by atoms with Crippen molar-refractivity contribution in [3.8, 4) is 0 Å². The highest BCUT2D eigenvalue weighted by Gasteiger charge is 2.22. The third-order valence-corrected chi connectivity index (χ3v) is 2.42. The van der Waals surface area contributed by atoms with Crippen molar-refractivity contribution in [2.75, 3.05) is 45.1 Å². The molecule has 0 aliphatic carbocycles. The molecule has 0 fully saturated rings. The molecule has 0 saturated heterocycles. The average molecular weight is 271 g/mol. The van der Waals surface area contributed by atoms with Crippen LogP contribution in [0.25, 0.3) is 0 Å². The number of anilines is 2. The second-order valence-corrected chi connectivity index (χ2v) is 3.62. The quantitative estimate of drug-likeness (QED) is 0.519. The second-order valence-electron chi connectivity index (χ2n) is 3.62. The van der Waals surface area contributed by atoms with E-state index in [9.17, 15) is 10.1 Å². The Hall–Kier alpha value is -2.00. The summed E-state index contributed by atoms with van der Waals surface area (Å²) in [4.78, 5) is 18.2. The van der Waals surface area contributed by atoms with Crippen LogP contribution in [0.1, 0.15) is 0 Å². The van der Waals surface area contributed by atoms with Crippen LogP contribution in [0.4, 0.5) is 17.3 Å². The van der Waals surface area contributed by atoms with E-state index in [4.69, 9.17) is 9.47 Å². The first kappa shape index (κ1) is 15.1. The molecule has 1 atom stereocenters. The Balaban J connectivity index is 2.85. The van der Waals surface area contributed by atoms with Gasteiger partial charge in [0.25, 0.3) is 0 Å². The molecule has 1 rings (SSSR count). The molecule has 1 aromatic rings. The van der Waals surface area contributed by atoms with Gasteiger partial charge in [-0.25, -0.2) is 9.97 Å². The number of rotatable bonds is 8. The van der Waals surface area contributed by atoms with Gasteiger partial charge in [-0.15, -0.1) is 0 Å². The summed E-state index contributed by atoms with van der Waals surface area (Å²) in [5, 5.41) is 16.6. The molecule has 1 unspecified atom stereocenters. The van der Waals surface area contributed by atoms with Crippen molar-refractivity contribution in [1.82, 2.24) is 9.97 Å². The summed E-state index contributed by atoms with van der Waals surface area (Å²) in [5.74, 6) is 0.297. The summed E-state index contributed by atoms with van der Waals surface area (Å²) in [7, 11) is 4.65. The number of hydrogen-bond acceptors (Lipinski definition) is 8. The van der Waals surface area contributed by atoms with E-state index < -0.39 is 4.92 Å². The van der Waals surface area contributed by atoms with Gasteiger partial charge in [0, 0.05) is 27.8 Å². The van der Waals surface area contributed by atoms with Gasteiger partial charge in [0.1, 0.15) is 6.33 Å². The number of hydrogen-bond donors (Lipinski definition) is 2. The lowest BCUT2D eigenvalue weighted by Crippen LogP contribution is -2.27. The minimum atomic E-state index is -0.535. The van der Waals surface area contributed by atoms with Crippen molar-refractivity contribution in [3.63, 3.8) is 0 Å². The number of ether oxygens (including phenoxy) is 2. The normalized spacial score (nSPS) is 11.9. The third kappa shape index (κ3) is 4.00. The van der Waals surface area contributed by atoms with Crippen molar-refractivity contribution in [3.05, 3.63) is 16.4 Å². The highest BCUT2D eigenvalue weighted by molar-refractivity contribution is 5.68. The van der Waals surface area contributed by atoms with Gasteiger partial charge in [-0.05, 0) is 0 Å². The fourth-order valence-corrected chi connectivity index (χ4v) is 1.47. The number of methoxy groups -OCH3 is 2. The first-order chi connectivity index (χ1) is 9.13. The summed E-state index contributed by atoms with van der Waals surface area (Å²) in [6, 6.07) is 0. The van der Waals surface area contributed by atoms with E-state index in [1.165, 1.54) is 6.33 Å². The molecule has 0 spiro atoms. The van der Waals surface area contributed by atoms with Crippen LogP contribution < -0.4 is 10.6 Å². The highest BCUT2D eigenvalue weighted by Crippen LogP contribution is 2.28. The molecule has 0 amide bonds. The van der Waals surface area contributed by atoms with E-state index in [1.54, 1.807) is 21.3 Å². The summed E-state index contributed by atoms with van der Waals surface area (Å²) < 4.78 is 10.1. The molecule has 0 bridgehead atoms.